The molecule has 0 aromatic carbocycles. The van der Waals surface area contributed by atoms with Crippen molar-refractivity contribution >= 4 is 5.91 Å². The highest BCUT2D eigenvalue weighted by atomic mass is 16.4. The summed E-state index contributed by atoms with van der Waals surface area (Å²) in [4.78, 5) is 26.1. The lowest BCUT2D eigenvalue weighted by Gasteiger charge is -2.35. The molecule has 6 nitrogen and oxygen atoms in total. The van der Waals surface area contributed by atoms with E-state index in [4.69, 9.17) is 4.42 Å². The number of nitrogens with one attached hydrogen (secondary N) is 1. The quantitative estimate of drug-likeness (QED) is 0.927. The minimum atomic E-state index is -0.100. The summed E-state index contributed by atoms with van der Waals surface area (Å²) in [6.07, 6.45) is 1.70. The van der Waals surface area contributed by atoms with Crippen LogP contribution in [0.15, 0.2) is 45.7 Å². The average Bonchev–Trinajstić information content (AvgIpc) is 2.96. The SMILES string of the molecule is C[C@@H]1CN(C(=O)c2ccc(Cn3ccccc3=O)o2)C[C@H](C)N1. The van der Waals surface area contributed by atoms with Gasteiger partial charge < -0.3 is 19.2 Å². The molecule has 0 saturated carbocycles. The van der Waals surface area contributed by atoms with Crippen molar-refractivity contribution in [1.29, 1.82) is 0 Å². The van der Waals surface area contributed by atoms with Crippen molar-refractivity contribution in [1.82, 2.24) is 14.8 Å². The highest BCUT2D eigenvalue weighted by molar-refractivity contribution is 5.91. The van der Waals surface area contributed by atoms with Crippen molar-refractivity contribution < 1.29 is 9.21 Å². The zero-order valence-electron chi connectivity index (χ0n) is 13.4. The van der Waals surface area contributed by atoms with Crippen molar-refractivity contribution in [2.45, 2.75) is 32.5 Å². The standard InChI is InChI=1S/C17H21N3O3/c1-12-9-20(10-13(2)18-12)17(22)15-7-6-14(23-15)11-19-8-4-3-5-16(19)21/h3-8,12-13,18H,9-11H2,1-2H3/t12-,13+. The van der Waals surface area contributed by atoms with E-state index < -0.39 is 0 Å². The monoisotopic (exact) mass is 315 g/mol. The smallest absolute Gasteiger partial charge is 0.289 e. The highest BCUT2D eigenvalue weighted by Gasteiger charge is 2.27. The lowest BCUT2D eigenvalue weighted by molar-refractivity contribution is 0.0640. The number of carbonyl (C=O) groups is 1. The van der Waals surface area contributed by atoms with Gasteiger partial charge in [-0.3, -0.25) is 9.59 Å². The fourth-order valence-electron chi connectivity index (χ4n) is 2.99. The van der Waals surface area contributed by atoms with Gasteiger partial charge in [-0.15, -0.1) is 0 Å². The second-order valence-corrected chi connectivity index (χ2v) is 6.11. The van der Waals surface area contributed by atoms with E-state index in [0.717, 1.165) is 0 Å². The third kappa shape index (κ3) is 3.53. The van der Waals surface area contributed by atoms with E-state index in [-0.39, 0.29) is 23.6 Å². The number of pyridine rings is 1. The van der Waals surface area contributed by atoms with Gasteiger partial charge in [-0.1, -0.05) is 6.07 Å². The fraction of sp³-hybridized carbons (Fsp3) is 0.412. The Morgan fingerprint density at radius 1 is 1.22 bits per heavy atom. The largest absolute Gasteiger partial charge is 0.454 e. The Labute approximate surface area is 134 Å². The van der Waals surface area contributed by atoms with Crippen molar-refractivity contribution in [3.8, 4) is 0 Å². The van der Waals surface area contributed by atoms with Crippen LogP contribution in [-0.2, 0) is 6.54 Å². The first-order valence-corrected chi connectivity index (χ1v) is 7.82. The van der Waals surface area contributed by atoms with Gasteiger partial charge in [-0.2, -0.15) is 0 Å². The first-order chi connectivity index (χ1) is 11.0. The zero-order chi connectivity index (χ0) is 16.4. The predicted octanol–water partition coefficient (Wildman–Crippen LogP) is 1.31. The van der Waals surface area contributed by atoms with Crippen LogP contribution in [0.4, 0.5) is 0 Å². The molecule has 2 atom stereocenters. The second kappa shape index (κ2) is 6.42. The molecule has 0 radical (unpaired) electrons. The van der Waals surface area contributed by atoms with Crippen molar-refractivity contribution in [3.05, 3.63) is 58.4 Å². The van der Waals surface area contributed by atoms with Crippen LogP contribution in [-0.4, -0.2) is 40.5 Å². The van der Waals surface area contributed by atoms with Gasteiger partial charge in [0, 0.05) is 37.4 Å². The van der Waals surface area contributed by atoms with Gasteiger partial charge in [-0.05, 0) is 32.0 Å². The van der Waals surface area contributed by atoms with Crippen LogP contribution in [0, 0.1) is 0 Å². The summed E-state index contributed by atoms with van der Waals surface area (Å²) in [6, 6.07) is 8.95. The Morgan fingerprint density at radius 3 is 2.65 bits per heavy atom. The maximum Gasteiger partial charge on any atom is 0.289 e. The number of rotatable bonds is 3. The molecule has 0 bridgehead atoms. The molecule has 2 aromatic heterocycles. The number of nitrogens with zero attached hydrogens (tertiary/aromatic N) is 2. The lowest BCUT2D eigenvalue weighted by Crippen LogP contribution is -2.55. The third-order valence-electron chi connectivity index (χ3n) is 3.94. The lowest BCUT2D eigenvalue weighted by atomic mass is 10.1. The number of piperazine rings is 1. The van der Waals surface area contributed by atoms with Crippen LogP contribution in [0.1, 0.15) is 30.2 Å². The van der Waals surface area contributed by atoms with Crippen molar-refractivity contribution in [2.24, 2.45) is 0 Å². The summed E-state index contributed by atoms with van der Waals surface area (Å²) < 4.78 is 7.20. The Balaban J connectivity index is 1.73. The summed E-state index contributed by atoms with van der Waals surface area (Å²) >= 11 is 0. The summed E-state index contributed by atoms with van der Waals surface area (Å²) in [5, 5.41) is 3.40. The minimum Gasteiger partial charge on any atom is -0.454 e. The number of hydrogen-bond acceptors (Lipinski definition) is 4. The molecule has 1 amide bonds. The predicted molar refractivity (Wildman–Crippen MR) is 86.5 cm³/mol. The molecule has 1 N–H and O–H groups in total. The molecule has 1 fully saturated rings. The Hall–Kier alpha value is -2.34. The van der Waals surface area contributed by atoms with Gasteiger partial charge in [-0.25, -0.2) is 0 Å². The average molecular weight is 315 g/mol. The number of carbonyl (C=O) groups excluding carboxylic acids is 1. The normalized spacial score (nSPS) is 21.4. The van der Waals surface area contributed by atoms with Gasteiger partial charge in [0.1, 0.15) is 5.76 Å². The molecular weight excluding hydrogens is 294 g/mol. The van der Waals surface area contributed by atoms with Gasteiger partial charge in [0.15, 0.2) is 5.76 Å². The van der Waals surface area contributed by atoms with Crippen molar-refractivity contribution in [3.63, 3.8) is 0 Å². The van der Waals surface area contributed by atoms with Crippen LogP contribution < -0.4 is 10.9 Å². The van der Waals surface area contributed by atoms with E-state index in [1.807, 2.05) is 4.90 Å². The van der Waals surface area contributed by atoms with Crippen molar-refractivity contribution in [2.75, 3.05) is 13.1 Å². The molecule has 6 heteroatoms. The Morgan fingerprint density at radius 2 is 1.96 bits per heavy atom. The Bertz CT molecular complexity index is 739. The van der Waals surface area contributed by atoms with E-state index in [1.54, 1.807) is 35.0 Å². The molecule has 0 aliphatic carbocycles. The second-order valence-electron chi connectivity index (χ2n) is 6.11. The minimum absolute atomic E-state index is 0.0958. The maximum absolute atomic E-state index is 12.6. The van der Waals surface area contributed by atoms with Gasteiger partial charge >= 0.3 is 0 Å². The number of furan rings is 1. The van der Waals surface area contributed by atoms with Gasteiger partial charge in [0.05, 0.1) is 6.54 Å². The summed E-state index contributed by atoms with van der Waals surface area (Å²) in [5.41, 5.74) is -0.0958. The fourth-order valence-corrected chi connectivity index (χ4v) is 2.99. The highest BCUT2D eigenvalue weighted by Crippen LogP contribution is 2.14. The third-order valence-corrected chi connectivity index (χ3v) is 3.94. The first-order valence-electron chi connectivity index (χ1n) is 7.82. The molecule has 0 unspecified atom stereocenters. The molecule has 1 aliphatic rings. The van der Waals surface area contributed by atoms with E-state index in [0.29, 0.717) is 31.2 Å². The van der Waals surface area contributed by atoms with E-state index in [2.05, 4.69) is 19.2 Å². The van der Waals surface area contributed by atoms with E-state index in [1.165, 1.54) is 6.07 Å². The number of aromatic nitrogens is 1. The molecule has 3 rings (SSSR count). The van der Waals surface area contributed by atoms with Crippen LogP contribution >= 0.6 is 0 Å². The molecule has 23 heavy (non-hydrogen) atoms. The summed E-state index contributed by atoms with van der Waals surface area (Å²) in [7, 11) is 0. The number of amides is 1. The van der Waals surface area contributed by atoms with Gasteiger partial charge in [0.2, 0.25) is 0 Å². The summed E-state index contributed by atoms with van der Waals surface area (Å²) in [6.45, 7) is 5.77. The van der Waals surface area contributed by atoms with Crippen LogP contribution in [0.3, 0.4) is 0 Å². The Kier molecular flexibility index (Phi) is 4.34. The number of hydrogen-bond donors (Lipinski definition) is 1. The van der Waals surface area contributed by atoms with E-state index in [9.17, 15) is 9.59 Å². The topological polar surface area (TPSA) is 67.5 Å². The zero-order valence-corrected chi connectivity index (χ0v) is 13.4. The summed E-state index contributed by atoms with van der Waals surface area (Å²) in [5.74, 6) is 0.819. The maximum atomic E-state index is 12.6. The van der Waals surface area contributed by atoms with Crippen LogP contribution in [0.2, 0.25) is 0 Å². The first kappa shape index (κ1) is 15.6. The molecule has 0 spiro atoms. The molecule has 3 heterocycles. The van der Waals surface area contributed by atoms with E-state index >= 15 is 0 Å². The van der Waals surface area contributed by atoms with Gasteiger partial charge in [0.25, 0.3) is 11.5 Å². The molecule has 1 saturated heterocycles. The molecule has 2 aromatic rings. The molecule has 122 valence electrons. The van der Waals surface area contributed by atoms with Crippen LogP contribution in [0.25, 0.3) is 0 Å². The molecular formula is C17H21N3O3. The van der Waals surface area contributed by atoms with Crippen LogP contribution in [0.5, 0.6) is 0 Å². The molecule has 1 aliphatic heterocycles.